The molecule has 1 aliphatic heterocycles. The van der Waals surface area contributed by atoms with Crippen LogP contribution in [0, 0.1) is 0 Å². The molecule has 0 atom stereocenters. The number of hydrogen-bond acceptors (Lipinski definition) is 3. The third kappa shape index (κ3) is 10.3. The molecule has 1 heterocycles. The van der Waals surface area contributed by atoms with Gasteiger partial charge in [-0.25, -0.2) is 0 Å². The van der Waals surface area contributed by atoms with Gasteiger partial charge in [0.15, 0.2) is 0 Å². The summed E-state index contributed by atoms with van der Waals surface area (Å²) in [6.45, 7) is 7.07. The Balaban J connectivity index is 0.000000437. The Labute approximate surface area is 105 Å². The van der Waals surface area contributed by atoms with Gasteiger partial charge in [0.1, 0.15) is 0 Å². The molecule has 5 heteroatoms. The maximum Gasteiger partial charge on any atom is 0.261 e. The highest BCUT2D eigenvalue weighted by Gasteiger charge is 2.11. The van der Waals surface area contributed by atoms with Gasteiger partial charge >= 0.3 is 0 Å². The lowest BCUT2D eigenvalue weighted by molar-refractivity contribution is 0.356. The van der Waals surface area contributed by atoms with E-state index in [1.54, 1.807) is 5.70 Å². The minimum Gasteiger partial charge on any atom is -0.375 e. The van der Waals surface area contributed by atoms with E-state index in [0.29, 0.717) is 6.26 Å². The van der Waals surface area contributed by atoms with E-state index in [4.69, 9.17) is 4.55 Å². The van der Waals surface area contributed by atoms with Crippen molar-refractivity contribution >= 4 is 10.1 Å². The van der Waals surface area contributed by atoms with Gasteiger partial charge in [0.2, 0.25) is 0 Å². The number of nitrogens with zero attached hydrogens (tertiary/aromatic N) is 1. The van der Waals surface area contributed by atoms with Crippen LogP contribution in [0.1, 0.15) is 46.0 Å². The highest BCUT2D eigenvalue weighted by atomic mass is 32.2. The summed E-state index contributed by atoms with van der Waals surface area (Å²) in [6, 6.07) is 0. The lowest BCUT2D eigenvalue weighted by Crippen LogP contribution is -2.20. The minimum absolute atomic E-state index is 0.715. The fraction of sp³-hybridized carbons (Fsp3) is 0.833. The topological polar surface area (TPSA) is 57.6 Å². The lowest BCUT2D eigenvalue weighted by Gasteiger charge is -2.21. The van der Waals surface area contributed by atoms with Gasteiger partial charge in [0.25, 0.3) is 10.1 Å². The molecule has 1 rings (SSSR count). The number of allylic oxidation sites excluding steroid dienone is 1. The Morgan fingerprint density at radius 3 is 2.41 bits per heavy atom. The van der Waals surface area contributed by atoms with Gasteiger partial charge in [-0.2, -0.15) is 8.42 Å². The predicted octanol–water partition coefficient (Wildman–Crippen LogP) is 2.68. The Morgan fingerprint density at radius 2 is 1.94 bits per heavy atom. The fourth-order valence-corrected chi connectivity index (χ4v) is 1.84. The molecule has 1 N–H and O–H groups in total. The molecule has 0 saturated heterocycles. The van der Waals surface area contributed by atoms with Crippen molar-refractivity contribution in [2.45, 2.75) is 46.0 Å². The minimum atomic E-state index is -3.67. The van der Waals surface area contributed by atoms with Crippen LogP contribution < -0.4 is 0 Å². The zero-order valence-corrected chi connectivity index (χ0v) is 12.0. The van der Waals surface area contributed by atoms with Crippen molar-refractivity contribution in [2.24, 2.45) is 0 Å². The molecule has 0 aromatic carbocycles. The van der Waals surface area contributed by atoms with Crippen LogP contribution in [0.15, 0.2) is 11.8 Å². The van der Waals surface area contributed by atoms with Gasteiger partial charge in [0, 0.05) is 18.8 Å². The molecule has 0 radical (unpaired) electrons. The summed E-state index contributed by atoms with van der Waals surface area (Å²) in [5.41, 5.74) is 1.58. The maximum atomic E-state index is 9.19. The largest absolute Gasteiger partial charge is 0.375 e. The quantitative estimate of drug-likeness (QED) is 0.612. The molecule has 0 amide bonds. The van der Waals surface area contributed by atoms with Crippen molar-refractivity contribution in [3.8, 4) is 0 Å². The molecular formula is C12H25NO3S. The molecule has 0 aromatic rings. The molecule has 4 nitrogen and oxygen atoms in total. The smallest absolute Gasteiger partial charge is 0.261 e. The molecule has 0 bridgehead atoms. The summed E-state index contributed by atoms with van der Waals surface area (Å²) in [5, 5.41) is 0. The first-order valence-corrected chi connectivity index (χ1v) is 8.09. The Hall–Kier alpha value is -0.550. The monoisotopic (exact) mass is 263 g/mol. The van der Waals surface area contributed by atoms with Gasteiger partial charge in [-0.15, -0.1) is 0 Å². The standard InChI is InChI=1S/C11H21N.CH4O3S/c1-3-5-6-9-12-10-7-8-11(12)4-2;1-5(2,3)4/h8H,3-7,9-10H2,1-2H3;1H3,(H,2,3,4). The molecule has 0 saturated carbocycles. The van der Waals surface area contributed by atoms with Crippen molar-refractivity contribution in [3.63, 3.8) is 0 Å². The van der Waals surface area contributed by atoms with Crippen LogP contribution >= 0.6 is 0 Å². The highest BCUT2D eigenvalue weighted by Crippen LogP contribution is 2.18. The first-order chi connectivity index (χ1) is 7.88. The molecule has 0 aliphatic carbocycles. The van der Waals surface area contributed by atoms with E-state index in [2.05, 4.69) is 24.8 Å². The summed E-state index contributed by atoms with van der Waals surface area (Å²) in [4.78, 5) is 2.55. The van der Waals surface area contributed by atoms with E-state index in [9.17, 15) is 8.42 Å². The first-order valence-electron chi connectivity index (χ1n) is 6.24. The maximum absolute atomic E-state index is 9.19. The summed E-state index contributed by atoms with van der Waals surface area (Å²) in [7, 11) is -3.67. The second kappa shape index (κ2) is 8.53. The number of hydrogen-bond donors (Lipinski definition) is 1. The molecule has 0 unspecified atom stereocenters. The average Bonchev–Trinajstić information content (AvgIpc) is 2.63. The van der Waals surface area contributed by atoms with E-state index in [1.165, 1.54) is 45.2 Å². The molecule has 102 valence electrons. The Kier molecular flexibility index (Phi) is 8.25. The predicted molar refractivity (Wildman–Crippen MR) is 71.6 cm³/mol. The summed E-state index contributed by atoms with van der Waals surface area (Å²) in [5.74, 6) is 0. The third-order valence-electron chi connectivity index (χ3n) is 2.58. The van der Waals surface area contributed by atoms with Crippen LogP contribution in [0.25, 0.3) is 0 Å². The van der Waals surface area contributed by atoms with E-state index in [0.717, 1.165) is 0 Å². The second-order valence-electron chi connectivity index (χ2n) is 4.26. The normalized spacial score (nSPS) is 15.3. The van der Waals surface area contributed by atoms with Crippen LogP contribution in [0.4, 0.5) is 0 Å². The van der Waals surface area contributed by atoms with Crippen molar-refractivity contribution in [1.82, 2.24) is 4.90 Å². The van der Waals surface area contributed by atoms with E-state index in [1.807, 2.05) is 0 Å². The molecule has 0 spiro atoms. The van der Waals surface area contributed by atoms with Crippen LogP contribution in [0.5, 0.6) is 0 Å². The summed E-state index contributed by atoms with van der Waals surface area (Å²) >= 11 is 0. The van der Waals surface area contributed by atoms with Crippen molar-refractivity contribution in [2.75, 3.05) is 19.3 Å². The van der Waals surface area contributed by atoms with Gasteiger partial charge in [-0.05, 0) is 19.3 Å². The van der Waals surface area contributed by atoms with Gasteiger partial charge in [-0.3, -0.25) is 4.55 Å². The van der Waals surface area contributed by atoms with E-state index < -0.39 is 10.1 Å². The van der Waals surface area contributed by atoms with Crippen LogP contribution in [-0.4, -0.2) is 37.2 Å². The van der Waals surface area contributed by atoms with Crippen molar-refractivity contribution in [1.29, 1.82) is 0 Å². The SMILES string of the molecule is CCCCCN1CCC=C1CC.CS(=O)(=O)O. The molecular weight excluding hydrogens is 238 g/mol. The fourth-order valence-electron chi connectivity index (χ4n) is 1.84. The van der Waals surface area contributed by atoms with Crippen molar-refractivity contribution in [3.05, 3.63) is 11.8 Å². The lowest BCUT2D eigenvalue weighted by atomic mass is 10.2. The zero-order valence-electron chi connectivity index (χ0n) is 11.1. The van der Waals surface area contributed by atoms with Gasteiger partial charge in [0.05, 0.1) is 6.26 Å². The van der Waals surface area contributed by atoms with Crippen LogP contribution in [-0.2, 0) is 10.1 Å². The molecule has 0 aromatic heterocycles. The van der Waals surface area contributed by atoms with Gasteiger partial charge < -0.3 is 4.90 Å². The number of rotatable bonds is 5. The Bertz CT molecular complexity index is 315. The summed E-state index contributed by atoms with van der Waals surface area (Å²) in [6.07, 6.45) is 9.68. The molecule has 0 fully saturated rings. The molecule has 17 heavy (non-hydrogen) atoms. The van der Waals surface area contributed by atoms with E-state index >= 15 is 0 Å². The van der Waals surface area contributed by atoms with Crippen molar-refractivity contribution < 1.29 is 13.0 Å². The first kappa shape index (κ1) is 16.4. The van der Waals surface area contributed by atoms with Gasteiger partial charge in [-0.1, -0.05) is 32.8 Å². The second-order valence-corrected chi connectivity index (χ2v) is 5.73. The Morgan fingerprint density at radius 1 is 1.35 bits per heavy atom. The zero-order chi connectivity index (χ0) is 13.3. The number of unbranched alkanes of at least 4 members (excludes halogenated alkanes) is 2. The van der Waals surface area contributed by atoms with E-state index in [-0.39, 0.29) is 0 Å². The molecule has 1 aliphatic rings. The third-order valence-corrected chi connectivity index (χ3v) is 2.58. The highest BCUT2D eigenvalue weighted by molar-refractivity contribution is 7.85. The van der Waals surface area contributed by atoms with Crippen LogP contribution in [0.2, 0.25) is 0 Å². The average molecular weight is 263 g/mol. The summed E-state index contributed by atoms with van der Waals surface area (Å²) < 4.78 is 25.9. The van der Waals surface area contributed by atoms with Crippen LogP contribution in [0.3, 0.4) is 0 Å².